The highest BCUT2D eigenvalue weighted by atomic mass is 16.8. The first-order chi connectivity index (χ1) is 46.9. The van der Waals surface area contributed by atoms with E-state index in [4.69, 9.17) is 28.4 Å². The second-order valence-corrected chi connectivity index (χ2v) is 28.2. The van der Waals surface area contributed by atoms with Crippen molar-refractivity contribution in [2.75, 3.05) is 26.4 Å². The highest BCUT2D eigenvalue weighted by Gasteiger charge is 2.60. The molecule has 14 N–H and O–H groups in total. The number of carbonyl (C=O) groups excluding carboxylic acids is 2. The topological polar surface area (TPSA) is 373 Å². The Morgan fingerprint density at radius 1 is 0.536 bits per heavy atom. The van der Waals surface area contributed by atoms with Crippen LogP contribution in [0.25, 0.3) is 0 Å². The number of amides is 2. The number of aliphatic hydroxyl groups is 11. The molecule has 23 nitrogen and oxygen atoms in total. The average molecular weight is 1390 g/mol. The van der Waals surface area contributed by atoms with Gasteiger partial charge in [0.05, 0.1) is 50.7 Å². The van der Waals surface area contributed by atoms with Gasteiger partial charge in [-0.3, -0.25) is 9.59 Å². The van der Waals surface area contributed by atoms with Crippen LogP contribution in [0.2, 0.25) is 0 Å². The van der Waals surface area contributed by atoms with Crippen LogP contribution < -0.4 is 10.6 Å². The fraction of sp³-hybridized carbons (Fsp3) is 0.932. The Morgan fingerprint density at radius 3 is 1.37 bits per heavy atom. The molecule has 3 aliphatic heterocycles. The van der Waals surface area contributed by atoms with Crippen LogP contribution in [0, 0.1) is 0 Å². The van der Waals surface area contributed by atoms with Crippen LogP contribution in [0.4, 0.5) is 0 Å². The summed E-state index contributed by atoms with van der Waals surface area (Å²) in [6.45, 7) is 2.19. The number of carboxylic acids is 1. The number of hydrogen-bond donors (Lipinski definition) is 14. The standard InChI is InChI=1S/C74H138N2O21/c1-4-6-8-10-12-14-16-18-20-22-24-26-27-28-29-31-33-35-37-39-41-43-45-47-56(81)55(76-61(84)48-46-44-42-40-38-36-34-32-30-25-23-21-19-17-15-13-11-9-7-5-2)53-92-71-66(88)65(87)68(60(52-79)94-71)95-72-67(89)70(64(86)59(51-78)93-72)97-74(73(90)91)49-57(82)62(75-54(3)80)69(96-74)63(85)58(83)50-77/h45,47,55-60,62-72,77-79,81-83,85-89H,4-44,46,48-53H2,1-3H3,(H,75,80)(H,76,84)(H,90,91)/b47-45+. The molecule has 3 heterocycles. The molecule has 18 atom stereocenters. The van der Waals surface area contributed by atoms with E-state index in [1.807, 2.05) is 6.08 Å². The maximum absolute atomic E-state index is 13.5. The van der Waals surface area contributed by atoms with E-state index >= 15 is 0 Å². The number of carbonyl (C=O) groups is 3. The fourth-order valence-electron chi connectivity index (χ4n) is 13.6. The smallest absolute Gasteiger partial charge is 0.364 e. The van der Waals surface area contributed by atoms with Crippen LogP contribution >= 0.6 is 0 Å². The zero-order valence-corrected chi connectivity index (χ0v) is 60.0. The third-order valence-electron chi connectivity index (χ3n) is 19.7. The van der Waals surface area contributed by atoms with Gasteiger partial charge >= 0.3 is 5.97 Å². The third kappa shape index (κ3) is 35.5. The van der Waals surface area contributed by atoms with Crippen molar-refractivity contribution in [2.45, 2.75) is 413 Å². The summed E-state index contributed by atoms with van der Waals surface area (Å²) in [7, 11) is 0. The summed E-state index contributed by atoms with van der Waals surface area (Å²) in [5.74, 6) is -6.13. The lowest BCUT2D eigenvalue weighted by molar-refractivity contribution is -0.386. The van der Waals surface area contributed by atoms with Gasteiger partial charge in [-0.2, -0.15) is 0 Å². The van der Waals surface area contributed by atoms with E-state index in [9.17, 15) is 75.7 Å². The summed E-state index contributed by atoms with van der Waals surface area (Å²) in [5.41, 5.74) is 0. The predicted molar refractivity (Wildman–Crippen MR) is 371 cm³/mol. The minimum atomic E-state index is -3.08. The largest absolute Gasteiger partial charge is 0.477 e. The number of aliphatic hydroxyl groups excluding tert-OH is 11. The van der Waals surface area contributed by atoms with Crippen LogP contribution in [-0.2, 0) is 42.8 Å². The zero-order chi connectivity index (χ0) is 71.1. The number of hydrogen-bond acceptors (Lipinski definition) is 20. The van der Waals surface area contributed by atoms with Gasteiger partial charge in [-0.05, 0) is 19.3 Å². The molecule has 3 aliphatic rings. The lowest BCUT2D eigenvalue weighted by atomic mass is 9.88. The van der Waals surface area contributed by atoms with E-state index in [2.05, 4.69) is 24.5 Å². The Kier molecular flexibility index (Phi) is 49.5. The van der Waals surface area contributed by atoms with Crippen LogP contribution in [-0.4, -0.2) is 215 Å². The van der Waals surface area contributed by atoms with Crippen molar-refractivity contribution in [3.63, 3.8) is 0 Å². The average Bonchev–Trinajstić information content (AvgIpc) is 0.757. The van der Waals surface area contributed by atoms with Gasteiger partial charge < -0.3 is 100 Å². The van der Waals surface area contributed by atoms with Crippen LogP contribution in [0.15, 0.2) is 12.2 Å². The van der Waals surface area contributed by atoms with Gasteiger partial charge in [0.25, 0.3) is 5.79 Å². The number of nitrogens with one attached hydrogen (secondary N) is 2. The molecule has 0 saturated carbocycles. The van der Waals surface area contributed by atoms with E-state index in [1.165, 1.54) is 212 Å². The van der Waals surface area contributed by atoms with Crippen molar-refractivity contribution < 1.29 is 104 Å². The minimum Gasteiger partial charge on any atom is -0.477 e. The van der Waals surface area contributed by atoms with Crippen molar-refractivity contribution >= 4 is 17.8 Å². The van der Waals surface area contributed by atoms with Gasteiger partial charge in [0.15, 0.2) is 12.6 Å². The Hall–Kier alpha value is -2.53. The second kappa shape index (κ2) is 54.2. The van der Waals surface area contributed by atoms with Gasteiger partial charge in [-0.1, -0.05) is 276 Å². The molecule has 3 fully saturated rings. The Balaban J connectivity index is 1.55. The summed E-state index contributed by atoms with van der Waals surface area (Å²) >= 11 is 0. The maximum atomic E-state index is 13.5. The van der Waals surface area contributed by atoms with E-state index in [0.717, 1.165) is 51.9 Å². The lowest BCUT2D eigenvalue weighted by Gasteiger charge is -2.50. The number of aliphatic carboxylic acids is 1. The predicted octanol–water partition coefficient (Wildman–Crippen LogP) is 9.02. The number of carboxylic acid groups (broad SMARTS) is 1. The molecule has 0 spiro atoms. The molecule has 3 rings (SSSR count). The van der Waals surface area contributed by atoms with Crippen molar-refractivity contribution in [3.05, 3.63) is 12.2 Å². The van der Waals surface area contributed by atoms with Gasteiger partial charge in [0.1, 0.15) is 67.1 Å². The van der Waals surface area contributed by atoms with Gasteiger partial charge in [0.2, 0.25) is 11.8 Å². The van der Waals surface area contributed by atoms with Crippen molar-refractivity contribution in [3.8, 4) is 0 Å². The van der Waals surface area contributed by atoms with Gasteiger partial charge in [-0.25, -0.2) is 4.79 Å². The first-order valence-electron chi connectivity index (χ1n) is 38.6. The quantitative estimate of drug-likeness (QED) is 0.0199. The highest BCUT2D eigenvalue weighted by Crippen LogP contribution is 2.39. The number of unbranched alkanes of at least 4 members (excludes halogenated alkanes) is 40. The van der Waals surface area contributed by atoms with Crippen LogP contribution in [0.5, 0.6) is 0 Å². The van der Waals surface area contributed by atoms with Crippen LogP contribution in [0.1, 0.15) is 303 Å². The normalized spacial score (nSPS) is 27.4. The summed E-state index contributed by atoms with van der Waals surface area (Å²) in [6, 6.07) is -2.61. The van der Waals surface area contributed by atoms with Gasteiger partial charge in [-0.15, -0.1) is 0 Å². The molecular formula is C74H138N2O21. The van der Waals surface area contributed by atoms with Crippen LogP contribution in [0.3, 0.4) is 0 Å². The second-order valence-electron chi connectivity index (χ2n) is 28.2. The Bertz CT molecular complexity index is 2000. The molecule has 23 heteroatoms. The molecule has 570 valence electrons. The summed E-state index contributed by atoms with van der Waals surface area (Å²) < 4.78 is 34.9. The van der Waals surface area contributed by atoms with Crippen molar-refractivity contribution in [2.24, 2.45) is 0 Å². The zero-order valence-electron chi connectivity index (χ0n) is 60.0. The molecule has 2 amide bonds. The molecular weight excluding hydrogens is 1250 g/mol. The Labute approximate surface area is 581 Å². The molecule has 0 aromatic rings. The monoisotopic (exact) mass is 1390 g/mol. The SMILES string of the molecule is CCCCCCCCCCCCCCCCCCCCCCC/C=C/C(O)C(COC1OC(CO)C(OC2OC(CO)C(O)C(OC3(C(=O)O)CC(O)C(NC(C)=O)C(C(O)C(O)CO)O3)C2O)C(O)C1O)NC(=O)CCCCCCCCCCCCCCCCCCCCCC. The van der Waals surface area contributed by atoms with Crippen molar-refractivity contribution in [1.82, 2.24) is 10.6 Å². The molecule has 0 aromatic carbocycles. The minimum absolute atomic E-state index is 0.205. The first-order valence-corrected chi connectivity index (χ1v) is 38.6. The first kappa shape index (κ1) is 88.7. The Morgan fingerprint density at radius 2 is 0.959 bits per heavy atom. The number of ether oxygens (including phenoxy) is 6. The molecule has 18 unspecified atom stereocenters. The summed E-state index contributed by atoms with van der Waals surface area (Å²) in [6.07, 6.45) is 26.7. The van der Waals surface area contributed by atoms with E-state index in [-0.39, 0.29) is 12.3 Å². The molecule has 3 saturated heterocycles. The van der Waals surface area contributed by atoms with E-state index < -0.39 is 155 Å². The van der Waals surface area contributed by atoms with E-state index in [1.54, 1.807) is 6.08 Å². The molecule has 0 aliphatic carbocycles. The summed E-state index contributed by atoms with van der Waals surface area (Å²) in [4.78, 5) is 38.6. The molecule has 97 heavy (non-hydrogen) atoms. The van der Waals surface area contributed by atoms with E-state index in [0.29, 0.717) is 12.8 Å². The maximum Gasteiger partial charge on any atom is 0.364 e. The number of allylic oxidation sites excluding steroid dienone is 1. The number of rotatable bonds is 60. The lowest BCUT2D eigenvalue weighted by Crippen LogP contribution is -2.70. The molecule has 0 aromatic heterocycles. The van der Waals surface area contributed by atoms with Gasteiger partial charge in [0, 0.05) is 19.8 Å². The fourth-order valence-corrected chi connectivity index (χ4v) is 13.6. The van der Waals surface area contributed by atoms with Crippen molar-refractivity contribution in [1.29, 1.82) is 0 Å². The third-order valence-corrected chi connectivity index (χ3v) is 19.7. The molecule has 0 radical (unpaired) electrons. The molecule has 0 bridgehead atoms. The highest BCUT2D eigenvalue weighted by molar-refractivity contribution is 5.77. The summed E-state index contributed by atoms with van der Waals surface area (Å²) in [5, 5.41) is 136.